The van der Waals surface area contributed by atoms with E-state index in [1.165, 1.54) is 4.90 Å². The van der Waals surface area contributed by atoms with E-state index >= 15 is 0 Å². The van der Waals surface area contributed by atoms with Crippen LogP contribution in [0.4, 0.5) is 4.79 Å². The normalized spacial score (nSPS) is 16.6. The number of imide groups is 1. The Morgan fingerprint density at radius 3 is 2.41 bits per heavy atom. The van der Waals surface area contributed by atoms with Crippen molar-refractivity contribution < 1.29 is 9.59 Å². The van der Waals surface area contributed by atoms with Gasteiger partial charge >= 0.3 is 0 Å². The molecule has 1 aliphatic rings. The Morgan fingerprint density at radius 1 is 1.00 bits per heavy atom. The van der Waals surface area contributed by atoms with E-state index < -0.39 is 0 Å². The van der Waals surface area contributed by atoms with Gasteiger partial charge in [-0.1, -0.05) is 54.6 Å². The lowest BCUT2D eigenvalue weighted by molar-refractivity contribution is -0.123. The quantitative estimate of drug-likeness (QED) is 0.796. The minimum absolute atomic E-state index is 0.214. The predicted molar refractivity (Wildman–Crippen MR) is 89.1 cm³/mol. The molecule has 2 aromatic rings. The van der Waals surface area contributed by atoms with Gasteiger partial charge in [0.15, 0.2) is 0 Å². The lowest BCUT2D eigenvalue weighted by Crippen LogP contribution is -2.27. The maximum Gasteiger partial charge on any atom is 0.293 e. The second kappa shape index (κ2) is 6.20. The fourth-order valence-corrected chi connectivity index (χ4v) is 3.12. The van der Waals surface area contributed by atoms with E-state index in [2.05, 4.69) is 0 Å². The Kier molecular flexibility index (Phi) is 4.11. The molecule has 1 fully saturated rings. The average molecular weight is 309 g/mol. The molecular weight excluding hydrogens is 294 g/mol. The third-order valence-electron chi connectivity index (χ3n) is 3.53. The number of carbonyl (C=O) groups is 2. The van der Waals surface area contributed by atoms with Gasteiger partial charge in [-0.2, -0.15) is 0 Å². The van der Waals surface area contributed by atoms with Crippen LogP contribution >= 0.6 is 11.8 Å². The van der Waals surface area contributed by atoms with Crippen molar-refractivity contribution in [2.75, 3.05) is 0 Å². The van der Waals surface area contributed by atoms with Gasteiger partial charge in [0.2, 0.25) is 0 Å². The smallest absolute Gasteiger partial charge is 0.268 e. The first-order valence-corrected chi connectivity index (χ1v) is 7.82. The lowest BCUT2D eigenvalue weighted by Gasteiger charge is -2.12. The zero-order valence-electron chi connectivity index (χ0n) is 12.2. The van der Waals surface area contributed by atoms with Crippen LogP contribution in [0.15, 0.2) is 59.5 Å². The van der Waals surface area contributed by atoms with Gasteiger partial charge in [-0.15, -0.1) is 0 Å². The van der Waals surface area contributed by atoms with Crippen LogP contribution in [0.1, 0.15) is 16.7 Å². The second-order valence-corrected chi connectivity index (χ2v) is 6.10. The van der Waals surface area contributed by atoms with Crippen molar-refractivity contribution >= 4 is 29.0 Å². The van der Waals surface area contributed by atoms with Crippen LogP contribution in [0.25, 0.3) is 6.08 Å². The monoisotopic (exact) mass is 309 g/mol. The van der Waals surface area contributed by atoms with Crippen LogP contribution in [0.3, 0.4) is 0 Å². The molecule has 0 N–H and O–H groups in total. The van der Waals surface area contributed by atoms with E-state index in [1.54, 1.807) is 6.08 Å². The van der Waals surface area contributed by atoms with Gasteiger partial charge in [-0.3, -0.25) is 14.5 Å². The summed E-state index contributed by atoms with van der Waals surface area (Å²) in [6.07, 6.45) is 1.80. The molecule has 0 radical (unpaired) electrons. The standard InChI is InChI=1S/C18H15NO2S/c1-13-7-5-6-10-15(13)11-16-17(20)19(18(21)22-16)12-14-8-3-2-4-9-14/h2-11H,12H2,1H3/b16-11+. The lowest BCUT2D eigenvalue weighted by atomic mass is 10.1. The Hall–Kier alpha value is -2.33. The topological polar surface area (TPSA) is 37.4 Å². The number of nitrogens with zero attached hydrogens (tertiary/aromatic N) is 1. The van der Waals surface area contributed by atoms with Gasteiger partial charge < -0.3 is 0 Å². The molecule has 22 heavy (non-hydrogen) atoms. The van der Waals surface area contributed by atoms with Crippen molar-refractivity contribution in [2.24, 2.45) is 0 Å². The first-order valence-electron chi connectivity index (χ1n) is 7.00. The van der Waals surface area contributed by atoms with Gasteiger partial charge in [0.05, 0.1) is 11.4 Å². The fourth-order valence-electron chi connectivity index (χ4n) is 2.29. The Morgan fingerprint density at radius 2 is 1.68 bits per heavy atom. The van der Waals surface area contributed by atoms with Crippen LogP contribution in [0.5, 0.6) is 0 Å². The molecule has 0 spiro atoms. The average Bonchev–Trinajstić information content (AvgIpc) is 2.78. The summed E-state index contributed by atoms with van der Waals surface area (Å²) in [5.74, 6) is -0.220. The number of carbonyl (C=O) groups excluding carboxylic acids is 2. The van der Waals surface area contributed by atoms with Crippen molar-refractivity contribution in [1.29, 1.82) is 0 Å². The van der Waals surface area contributed by atoms with Crippen LogP contribution in [-0.2, 0) is 11.3 Å². The molecule has 3 rings (SSSR count). The predicted octanol–water partition coefficient (Wildman–Crippen LogP) is 4.23. The molecule has 1 saturated heterocycles. The second-order valence-electron chi connectivity index (χ2n) is 5.11. The summed E-state index contributed by atoms with van der Waals surface area (Å²) in [4.78, 5) is 26.3. The number of hydrogen-bond donors (Lipinski definition) is 0. The maximum atomic E-state index is 12.5. The maximum absolute atomic E-state index is 12.5. The number of hydrogen-bond acceptors (Lipinski definition) is 3. The molecule has 0 saturated carbocycles. The molecule has 2 amide bonds. The summed E-state index contributed by atoms with van der Waals surface area (Å²) >= 11 is 1.00. The van der Waals surface area contributed by atoms with Gasteiger partial charge in [-0.05, 0) is 41.5 Å². The summed E-state index contributed by atoms with van der Waals surface area (Å²) in [6.45, 7) is 2.30. The molecule has 0 aliphatic carbocycles. The highest BCUT2D eigenvalue weighted by Gasteiger charge is 2.34. The highest BCUT2D eigenvalue weighted by atomic mass is 32.2. The third-order valence-corrected chi connectivity index (χ3v) is 4.44. The number of rotatable bonds is 3. The van der Waals surface area contributed by atoms with E-state index in [1.807, 2.05) is 61.5 Å². The van der Waals surface area contributed by atoms with Gasteiger partial charge in [0, 0.05) is 0 Å². The minimum atomic E-state index is -0.220. The highest BCUT2D eigenvalue weighted by Crippen LogP contribution is 2.33. The van der Waals surface area contributed by atoms with Crippen molar-refractivity contribution in [1.82, 2.24) is 4.90 Å². The van der Waals surface area contributed by atoms with Crippen molar-refractivity contribution in [2.45, 2.75) is 13.5 Å². The SMILES string of the molecule is Cc1ccccc1/C=C1/SC(=O)N(Cc2ccccc2)C1=O. The molecule has 2 aromatic carbocycles. The van der Waals surface area contributed by atoms with E-state index in [9.17, 15) is 9.59 Å². The molecule has 1 heterocycles. The molecule has 4 heteroatoms. The summed E-state index contributed by atoms with van der Waals surface area (Å²) in [5, 5.41) is -0.214. The molecule has 0 bridgehead atoms. The van der Waals surface area contributed by atoms with Gasteiger partial charge in [-0.25, -0.2) is 0 Å². The summed E-state index contributed by atoms with van der Waals surface area (Å²) in [5.41, 5.74) is 2.99. The van der Waals surface area contributed by atoms with E-state index in [4.69, 9.17) is 0 Å². The van der Waals surface area contributed by atoms with E-state index in [0.29, 0.717) is 11.4 Å². The molecule has 0 atom stereocenters. The van der Waals surface area contributed by atoms with Crippen molar-refractivity contribution in [3.63, 3.8) is 0 Å². The van der Waals surface area contributed by atoms with Gasteiger partial charge in [0.1, 0.15) is 0 Å². The Bertz CT molecular complexity index is 753. The summed E-state index contributed by atoms with van der Waals surface area (Å²) < 4.78 is 0. The molecule has 110 valence electrons. The Balaban J connectivity index is 1.84. The molecule has 1 aliphatic heterocycles. The molecular formula is C18H15NO2S. The number of amides is 2. The van der Waals surface area contributed by atoms with Crippen LogP contribution < -0.4 is 0 Å². The number of aryl methyl sites for hydroxylation is 1. The molecule has 3 nitrogen and oxygen atoms in total. The van der Waals surface area contributed by atoms with Crippen LogP contribution in [0, 0.1) is 6.92 Å². The van der Waals surface area contributed by atoms with Crippen LogP contribution in [-0.4, -0.2) is 16.0 Å². The van der Waals surface area contributed by atoms with Crippen molar-refractivity contribution in [3.05, 3.63) is 76.2 Å². The zero-order chi connectivity index (χ0) is 15.5. The summed E-state index contributed by atoms with van der Waals surface area (Å²) in [7, 11) is 0. The molecule has 0 unspecified atom stereocenters. The first-order chi connectivity index (χ1) is 10.6. The number of thioether (sulfide) groups is 1. The largest absolute Gasteiger partial charge is 0.293 e. The third kappa shape index (κ3) is 2.97. The molecule has 0 aromatic heterocycles. The van der Waals surface area contributed by atoms with Crippen LogP contribution in [0.2, 0.25) is 0 Å². The summed E-state index contributed by atoms with van der Waals surface area (Å²) in [6, 6.07) is 17.3. The zero-order valence-corrected chi connectivity index (χ0v) is 13.0. The number of benzene rings is 2. The first kappa shape index (κ1) is 14.6. The van der Waals surface area contributed by atoms with E-state index in [-0.39, 0.29) is 11.1 Å². The minimum Gasteiger partial charge on any atom is -0.268 e. The van der Waals surface area contributed by atoms with E-state index in [0.717, 1.165) is 28.5 Å². The highest BCUT2D eigenvalue weighted by molar-refractivity contribution is 8.18. The fraction of sp³-hybridized carbons (Fsp3) is 0.111. The van der Waals surface area contributed by atoms with Gasteiger partial charge in [0.25, 0.3) is 11.1 Å². The van der Waals surface area contributed by atoms with Crippen molar-refractivity contribution in [3.8, 4) is 0 Å². The Labute approximate surface area is 133 Å².